The van der Waals surface area contributed by atoms with Gasteiger partial charge in [0.25, 0.3) is 0 Å². The highest BCUT2D eigenvalue weighted by Crippen LogP contribution is 2.05. The van der Waals surface area contributed by atoms with Gasteiger partial charge >= 0.3 is 0 Å². The van der Waals surface area contributed by atoms with Crippen LogP contribution in [0.15, 0.2) is 22.8 Å². The first-order valence-electron chi connectivity index (χ1n) is 4.99. The number of nitrogens with one attached hydrogen (secondary N) is 1. The van der Waals surface area contributed by atoms with E-state index in [4.69, 9.17) is 4.42 Å². The fourth-order valence-electron chi connectivity index (χ4n) is 1.57. The molecule has 1 rings (SSSR count). The molecule has 3 heteroatoms. The van der Waals surface area contributed by atoms with Crippen molar-refractivity contribution in [3.8, 4) is 0 Å². The molecule has 0 radical (unpaired) electrons. The van der Waals surface area contributed by atoms with E-state index in [0.717, 1.165) is 17.9 Å². The third kappa shape index (κ3) is 4.20. The first kappa shape index (κ1) is 11.7. The SMILES string of the molecule is CSCC(C)NC(C)Cc1ccco1. The van der Waals surface area contributed by atoms with Gasteiger partial charge in [-0.1, -0.05) is 0 Å². The Hall–Kier alpha value is -0.410. The van der Waals surface area contributed by atoms with Crippen molar-refractivity contribution in [2.24, 2.45) is 0 Å². The third-order valence-electron chi connectivity index (χ3n) is 2.07. The van der Waals surface area contributed by atoms with Crippen molar-refractivity contribution in [3.63, 3.8) is 0 Å². The highest BCUT2D eigenvalue weighted by molar-refractivity contribution is 7.98. The molecule has 0 spiro atoms. The van der Waals surface area contributed by atoms with Gasteiger partial charge in [0, 0.05) is 24.3 Å². The van der Waals surface area contributed by atoms with Crippen molar-refractivity contribution >= 4 is 11.8 Å². The molecule has 1 aromatic heterocycles. The van der Waals surface area contributed by atoms with Crippen molar-refractivity contribution < 1.29 is 4.42 Å². The second-order valence-electron chi connectivity index (χ2n) is 3.71. The maximum Gasteiger partial charge on any atom is 0.105 e. The molecular weight excluding hydrogens is 194 g/mol. The topological polar surface area (TPSA) is 25.2 Å². The summed E-state index contributed by atoms with van der Waals surface area (Å²) in [6.45, 7) is 4.41. The van der Waals surface area contributed by atoms with E-state index < -0.39 is 0 Å². The van der Waals surface area contributed by atoms with Crippen LogP contribution in [0.25, 0.3) is 0 Å². The van der Waals surface area contributed by atoms with Crippen molar-refractivity contribution in [2.75, 3.05) is 12.0 Å². The van der Waals surface area contributed by atoms with Crippen LogP contribution in [0.1, 0.15) is 19.6 Å². The minimum Gasteiger partial charge on any atom is -0.469 e. The molecule has 0 fully saturated rings. The lowest BCUT2D eigenvalue weighted by atomic mass is 10.2. The predicted octanol–water partition coefficient (Wildman–Crippen LogP) is 2.55. The molecule has 1 N–H and O–H groups in total. The minimum atomic E-state index is 0.475. The molecule has 80 valence electrons. The molecule has 0 aliphatic carbocycles. The van der Waals surface area contributed by atoms with Gasteiger partial charge in [-0.3, -0.25) is 0 Å². The van der Waals surface area contributed by atoms with Gasteiger partial charge in [0.1, 0.15) is 5.76 Å². The normalized spacial score (nSPS) is 15.4. The lowest BCUT2D eigenvalue weighted by Gasteiger charge is -2.18. The second kappa shape index (κ2) is 6.14. The largest absolute Gasteiger partial charge is 0.469 e. The van der Waals surface area contributed by atoms with Crippen molar-refractivity contribution in [1.82, 2.24) is 5.32 Å². The van der Waals surface area contributed by atoms with E-state index in [1.165, 1.54) is 0 Å². The molecule has 0 aliphatic heterocycles. The smallest absolute Gasteiger partial charge is 0.105 e. The number of furan rings is 1. The molecule has 14 heavy (non-hydrogen) atoms. The summed E-state index contributed by atoms with van der Waals surface area (Å²) in [5.41, 5.74) is 0. The molecular formula is C11H19NOS. The molecule has 0 saturated heterocycles. The van der Waals surface area contributed by atoms with E-state index in [1.807, 2.05) is 23.9 Å². The van der Waals surface area contributed by atoms with Crippen LogP contribution in [0.5, 0.6) is 0 Å². The summed E-state index contributed by atoms with van der Waals surface area (Å²) in [5, 5.41) is 3.54. The summed E-state index contributed by atoms with van der Waals surface area (Å²) in [5.74, 6) is 2.21. The van der Waals surface area contributed by atoms with Crippen LogP contribution in [-0.4, -0.2) is 24.1 Å². The van der Waals surface area contributed by atoms with Gasteiger partial charge in [0.15, 0.2) is 0 Å². The Morgan fingerprint density at radius 3 is 2.79 bits per heavy atom. The van der Waals surface area contributed by atoms with Crippen molar-refractivity contribution in [3.05, 3.63) is 24.2 Å². The van der Waals surface area contributed by atoms with E-state index in [9.17, 15) is 0 Å². The van der Waals surface area contributed by atoms with E-state index >= 15 is 0 Å². The molecule has 0 bridgehead atoms. The number of rotatable bonds is 6. The van der Waals surface area contributed by atoms with Crippen LogP contribution in [0.4, 0.5) is 0 Å². The molecule has 2 atom stereocenters. The monoisotopic (exact) mass is 213 g/mol. The molecule has 1 aromatic rings. The van der Waals surface area contributed by atoms with E-state index in [1.54, 1.807) is 6.26 Å². The summed E-state index contributed by atoms with van der Waals surface area (Å²) in [6, 6.07) is 5.00. The lowest BCUT2D eigenvalue weighted by Crippen LogP contribution is -2.37. The average Bonchev–Trinajstić information content (AvgIpc) is 2.56. The Kier molecular flexibility index (Phi) is 5.12. The van der Waals surface area contributed by atoms with E-state index in [-0.39, 0.29) is 0 Å². The fourth-order valence-corrected chi connectivity index (χ4v) is 2.17. The Balaban J connectivity index is 2.25. The van der Waals surface area contributed by atoms with Crippen LogP contribution in [0, 0.1) is 0 Å². The number of thioether (sulfide) groups is 1. The zero-order valence-corrected chi connectivity index (χ0v) is 9.93. The third-order valence-corrected chi connectivity index (χ3v) is 2.91. The molecule has 0 amide bonds. The van der Waals surface area contributed by atoms with Gasteiger partial charge in [-0.15, -0.1) is 0 Å². The summed E-state index contributed by atoms with van der Waals surface area (Å²) >= 11 is 1.87. The first-order valence-corrected chi connectivity index (χ1v) is 6.39. The van der Waals surface area contributed by atoms with Crippen LogP contribution in [0.2, 0.25) is 0 Å². The summed E-state index contributed by atoms with van der Waals surface area (Å²) in [7, 11) is 0. The van der Waals surface area contributed by atoms with E-state index in [2.05, 4.69) is 25.4 Å². The Labute approximate surface area is 90.5 Å². The average molecular weight is 213 g/mol. The van der Waals surface area contributed by atoms with Gasteiger partial charge in [-0.2, -0.15) is 11.8 Å². The standard InChI is InChI=1S/C11H19NOS/c1-9(12-10(2)8-14-3)7-11-5-4-6-13-11/h4-6,9-10,12H,7-8H2,1-3H3. The summed E-state index contributed by atoms with van der Waals surface area (Å²) in [4.78, 5) is 0. The number of hydrogen-bond acceptors (Lipinski definition) is 3. The molecule has 2 unspecified atom stereocenters. The zero-order valence-electron chi connectivity index (χ0n) is 9.12. The fraction of sp³-hybridized carbons (Fsp3) is 0.636. The zero-order chi connectivity index (χ0) is 10.4. The lowest BCUT2D eigenvalue weighted by molar-refractivity contribution is 0.437. The Morgan fingerprint density at radius 2 is 2.21 bits per heavy atom. The second-order valence-corrected chi connectivity index (χ2v) is 4.62. The maximum absolute atomic E-state index is 5.30. The van der Waals surface area contributed by atoms with Crippen molar-refractivity contribution in [2.45, 2.75) is 32.4 Å². The van der Waals surface area contributed by atoms with Crippen LogP contribution in [-0.2, 0) is 6.42 Å². The Bertz CT molecular complexity index is 235. The van der Waals surface area contributed by atoms with Crippen molar-refractivity contribution in [1.29, 1.82) is 0 Å². The first-order chi connectivity index (χ1) is 6.72. The van der Waals surface area contributed by atoms with Gasteiger partial charge in [-0.25, -0.2) is 0 Å². The van der Waals surface area contributed by atoms with Crippen LogP contribution in [0.3, 0.4) is 0 Å². The summed E-state index contributed by atoms with van der Waals surface area (Å²) in [6.07, 6.45) is 4.83. The minimum absolute atomic E-state index is 0.475. The number of hydrogen-bond donors (Lipinski definition) is 1. The van der Waals surface area contributed by atoms with E-state index in [0.29, 0.717) is 12.1 Å². The van der Waals surface area contributed by atoms with Crippen LogP contribution >= 0.6 is 11.8 Å². The van der Waals surface area contributed by atoms with Gasteiger partial charge in [0.2, 0.25) is 0 Å². The quantitative estimate of drug-likeness (QED) is 0.786. The molecule has 0 aliphatic rings. The highest BCUT2D eigenvalue weighted by atomic mass is 32.2. The maximum atomic E-state index is 5.30. The highest BCUT2D eigenvalue weighted by Gasteiger charge is 2.08. The molecule has 2 nitrogen and oxygen atoms in total. The predicted molar refractivity (Wildman–Crippen MR) is 62.9 cm³/mol. The molecule has 1 heterocycles. The molecule has 0 saturated carbocycles. The van der Waals surface area contributed by atoms with Crippen LogP contribution < -0.4 is 5.32 Å². The van der Waals surface area contributed by atoms with Gasteiger partial charge in [0.05, 0.1) is 6.26 Å². The molecule has 0 aromatic carbocycles. The van der Waals surface area contributed by atoms with Gasteiger partial charge < -0.3 is 9.73 Å². The summed E-state index contributed by atoms with van der Waals surface area (Å²) < 4.78 is 5.30. The Morgan fingerprint density at radius 1 is 1.43 bits per heavy atom. The van der Waals surface area contributed by atoms with Gasteiger partial charge in [-0.05, 0) is 32.2 Å².